The summed E-state index contributed by atoms with van der Waals surface area (Å²) in [6, 6.07) is 2.44. The van der Waals surface area contributed by atoms with E-state index in [4.69, 9.17) is 4.74 Å². The molecule has 2 saturated heterocycles. The molecule has 2 atom stereocenters. The zero-order valence-corrected chi connectivity index (χ0v) is 15.0. The molecule has 0 aromatic carbocycles. The number of fused-ring (bicyclic) bond motifs is 1. The number of hydrogen-bond donors (Lipinski definition) is 0. The van der Waals surface area contributed by atoms with Crippen molar-refractivity contribution in [3.8, 4) is 0 Å². The van der Waals surface area contributed by atoms with Crippen LogP contribution >= 0.6 is 11.3 Å². The molecule has 7 heteroatoms. The highest BCUT2D eigenvalue weighted by Crippen LogP contribution is 2.31. The number of rotatable bonds is 3. The van der Waals surface area contributed by atoms with Crippen molar-refractivity contribution >= 4 is 21.4 Å². The van der Waals surface area contributed by atoms with E-state index in [1.807, 2.05) is 18.4 Å². The Morgan fingerprint density at radius 1 is 1.36 bits per heavy atom. The summed E-state index contributed by atoms with van der Waals surface area (Å²) in [6.07, 6.45) is 0.935. The Bertz CT molecular complexity index is 626. The Morgan fingerprint density at radius 3 is 2.77 bits per heavy atom. The second-order valence-corrected chi connectivity index (χ2v) is 9.40. The van der Waals surface area contributed by atoms with Gasteiger partial charge >= 0.3 is 0 Å². The Kier molecular flexibility index (Phi) is 4.62. The second kappa shape index (κ2) is 6.20. The van der Waals surface area contributed by atoms with Gasteiger partial charge in [-0.25, -0.2) is 8.42 Å². The number of sulfonamides is 1. The number of aryl methyl sites for hydroxylation is 1. The van der Waals surface area contributed by atoms with Gasteiger partial charge in [-0.05, 0) is 44.2 Å². The molecule has 0 amide bonds. The number of ether oxygens (including phenoxy) is 1. The molecule has 0 unspecified atom stereocenters. The minimum absolute atomic E-state index is 0.159. The molecule has 2 aliphatic heterocycles. The smallest absolute Gasteiger partial charge is 0.252 e. The minimum atomic E-state index is -3.38. The number of thiophene rings is 1. The van der Waals surface area contributed by atoms with E-state index >= 15 is 0 Å². The molecule has 2 fully saturated rings. The zero-order chi connectivity index (χ0) is 15.9. The first-order valence-electron chi connectivity index (χ1n) is 7.83. The Labute approximate surface area is 136 Å². The SMILES string of the molecule is Cc1ccsc1S(=O)(=O)N1CC[C@@H]2OCCN(C(C)C)[C@@H]2C1. The van der Waals surface area contributed by atoms with Gasteiger partial charge in [-0.15, -0.1) is 11.3 Å². The van der Waals surface area contributed by atoms with E-state index in [1.165, 1.54) is 11.3 Å². The lowest BCUT2D eigenvalue weighted by Crippen LogP contribution is -2.62. The molecule has 0 radical (unpaired) electrons. The molecular formula is C15H24N2O3S2. The fourth-order valence-corrected chi connectivity index (χ4v) is 6.49. The molecule has 5 nitrogen and oxygen atoms in total. The Balaban J connectivity index is 1.84. The molecule has 0 bridgehead atoms. The van der Waals surface area contributed by atoms with E-state index in [9.17, 15) is 8.42 Å². The first-order chi connectivity index (χ1) is 10.4. The Morgan fingerprint density at radius 2 is 2.14 bits per heavy atom. The molecule has 0 saturated carbocycles. The van der Waals surface area contributed by atoms with E-state index in [-0.39, 0.29) is 12.1 Å². The maximum absolute atomic E-state index is 12.9. The summed E-state index contributed by atoms with van der Waals surface area (Å²) in [5.41, 5.74) is 0.840. The highest BCUT2D eigenvalue weighted by Gasteiger charge is 2.42. The van der Waals surface area contributed by atoms with Gasteiger partial charge in [0.15, 0.2) is 0 Å². The third-order valence-corrected chi connectivity index (χ3v) is 8.17. The number of piperidine rings is 1. The van der Waals surface area contributed by atoms with Crippen molar-refractivity contribution < 1.29 is 13.2 Å². The summed E-state index contributed by atoms with van der Waals surface area (Å²) < 4.78 is 33.8. The van der Waals surface area contributed by atoms with Gasteiger partial charge in [0.25, 0.3) is 10.0 Å². The fraction of sp³-hybridized carbons (Fsp3) is 0.733. The number of hydrogen-bond acceptors (Lipinski definition) is 5. The normalized spacial score (nSPS) is 28.0. The molecule has 0 N–H and O–H groups in total. The van der Waals surface area contributed by atoms with Crippen LogP contribution in [0.1, 0.15) is 25.8 Å². The summed E-state index contributed by atoms with van der Waals surface area (Å²) in [5, 5.41) is 1.85. The van der Waals surface area contributed by atoms with Crippen LogP contribution in [-0.4, -0.2) is 62.1 Å². The van der Waals surface area contributed by atoms with Crippen LogP contribution in [0.3, 0.4) is 0 Å². The summed E-state index contributed by atoms with van der Waals surface area (Å²) in [7, 11) is -3.38. The van der Waals surface area contributed by atoms with E-state index in [0.717, 1.165) is 25.1 Å². The quantitative estimate of drug-likeness (QED) is 0.841. The average molecular weight is 345 g/mol. The van der Waals surface area contributed by atoms with Crippen LogP contribution in [0.4, 0.5) is 0 Å². The van der Waals surface area contributed by atoms with Gasteiger partial charge in [-0.3, -0.25) is 4.90 Å². The molecular weight excluding hydrogens is 320 g/mol. The molecule has 124 valence electrons. The van der Waals surface area contributed by atoms with Gasteiger partial charge in [0.2, 0.25) is 0 Å². The Hall–Kier alpha value is -0.470. The van der Waals surface area contributed by atoms with Crippen LogP contribution < -0.4 is 0 Å². The summed E-state index contributed by atoms with van der Waals surface area (Å²) in [5.74, 6) is 0. The minimum Gasteiger partial charge on any atom is -0.375 e. The first-order valence-corrected chi connectivity index (χ1v) is 10.1. The van der Waals surface area contributed by atoms with Gasteiger partial charge in [0.05, 0.1) is 18.8 Å². The maximum Gasteiger partial charge on any atom is 0.252 e. The van der Waals surface area contributed by atoms with E-state index in [1.54, 1.807) is 4.31 Å². The van der Waals surface area contributed by atoms with Crippen molar-refractivity contribution in [2.75, 3.05) is 26.2 Å². The molecule has 0 spiro atoms. The van der Waals surface area contributed by atoms with Crippen LogP contribution in [0.2, 0.25) is 0 Å². The van der Waals surface area contributed by atoms with Crippen molar-refractivity contribution in [2.24, 2.45) is 0 Å². The van der Waals surface area contributed by atoms with E-state index in [0.29, 0.717) is 23.3 Å². The molecule has 3 rings (SSSR count). The van der Waals surface area contributed by atoms with Crippen LogP contribution in [0.15, 0.2) is 15.7 Å². The predicted octanol–water partition coefficient (Wildman–Crippen LogP) is 1.93. The molecule has 0 aliphatic carbocycles. The van der Waals surface area contributed by atoms with Crippen LogP contribution in [0.25, 0.3) is 0 Å². The standard InChI is InChI=1S/C15H24N2O3S2/c1-11(2)17-7-8-20-14-4-6-16(10-13(14)17)22(18,19)15-12(3)5-9-21-15/h5,9,11,13-14H,4,6-8,10H2,1-3H3/t13-,14+/m1/s1. The third kappa shape index (κ3) is 2.85. The predicted molar refractivity (Wildman–Crippen MR) is 87.8 cm³/mol. The van der Waals surface area contributed by atoms with Crippen molar-refractivity contribution in [1.82, 2.24) is 9.21 Å². The summed E-state index contributed by atoms with van der Waals surface area (Å²) in [4.78, 5) is 2.39. The molecule has 2 aliphatic rings. The third-order valence-electron chi connectivity index (χ3n) is 4.64. The van der Waals surface area contributed by atoms with E-state index in [2.05, 4.69) is 18.7 Å². The second-order valence-electron chi connectivity index (χ2n) is 6.35. The lowest BCUT2D eigenvalue weighted by Gasteiger charge is -2.48. The summed E-state index contributed by atoms with van der Waals surface area (Å²) >= 11 is 1.31. The maximum atomic E-state index is 12.9. The zero-order valence-electron chi connectivity index (χ0n) is 13.4. The van der Waals surface area contributed by atoms with Crippen LogP contribution in [0.5, 0.6) is 0 Å². The monoisotopic (exact) mass is 344 g/mol. The van der Waals surface area contributed by atoms with Gasteiger partial charge in [-0.1, -0.05) is 0 Å². The fourth-order valence-electron chi connectivity index (χ4n) is 3.47. The average Bonchev–Trinajstić information content (AvgIpc) is 2.92. The van der Waals surface area contributed by atoms with Gasteiger partial charge in [-0.2, -0.15) is 4.31 Å². The highest BCUT2D eigenvalue weighted by molar-refractivity contribution is 7.91. The van der Waals surface area contributed by atoms with Gasteiger partial charge in [0, 0.05) is 25.7 Å². The highest BCUT2D eigenvalue weighted by atomic mass is 32.2. The van der Waals surface area contributed by atoms with Crippen LogP contribution in [0, 0.1) is 6.92 Å². The molecule has 3 heterocycles. The van der Waals surface area contributed by atoms with Crippen LogP contribution in [-0.2, 0) is 14.8 Å². The topological polar surface area (TPSA) is 49.9 Å². The van der Waals surface area contributed by atoms with E-state index < -0.39 is 10.0 Å². The lowest BCUT2D eigenvalue weighted by molar-refractivity contribution is -0.102. The van der Waals surface area contributed by atoms with Gasteiger partial charge in [0.1, 0.15) is 4.21 Å². The molecule has 1 aromatic rings. The number of nitrogens with zero attached hydrogens (tertiary/aromatic N) is 2. The van der Waals surface area contributed by atoms with Gasteiger partial charge < -0.3 is 4.74 Å². The van der Waals surface area contributed by atoms with Crippen molar-refractivity contribution in [3.63, 3.8) is 0 Å². The van der Waals surface area contributed by atoms with Crippen molar-refractivity contribution in [2.45, 2.75) is 49.6 Å². The number of morpholine rings is 1. The lowest BCUT2D eigenvalue weighted by atomic mass is 9.99. The van der Waals surface area contributed by atoms with Crippen molar-refractivity contribution in [3.05, 3.63) is 17.0 Å². The largest absolute Gasteiger partial charge is 0.375 e. The summed E-state index contributed by atoms with van der Waals surface area (Å²) in [6.45, 7) is 8.90. The van der Waals surface area contributed by atoms with Crippen molar-refractivity contribution in [1.29, 1.82) is 0 Å². The molecule has 22 heavy (non-hydrogen) atoms. The first kappa shape index (κ1) is 16.4. The molecule has 1 aromatic heterocycles.